The smallest absolute Gasteiger partial charge is 0.225 e. The fourth-order valence-corrected chi connectivity index (χ4v) is 3.08. The number of rotatable bonds is 5. The predicted octanol–water partition coefficient (Wildman–Crippen LogP) is 2.67. The molecule has 0 unspecified atom stereocenters. The highest BCUT2D eigenvalue weighted by molar-refractivity contribution is 6.30. The number of hydrogen-bond acceptors (Lipinski definition) is 3. The van der Waals surface area contributed by atoms with E-state index in [0.29, 0.717) is 11.6 Å². The van der Waals surface area contributed by atoms with Crippen molar-refractivity contribution in [2.45, 2.75) is 18.9 Å². The van der Waals surface area contributed by atoms with Crippen LogP contribution in [-0.2, 0) is 17.6 Å². The molecule has 120 valence electrons. The van der Waals surface area contributed by atoms with Crippen LogP contribution in [-0.4, -0.2) is 24.2 Å². The normalized spacial score (nSPS) is 14.0. The second-order valence-electron chi connectivity index (χ2n) is 5.54. The molecule has 2 aromatic rings. The maximum absolute atomic E-state index is 12.3. The molecule has 0 saturated carbocycles. The van der Waals surface area contributed by atoms with Gasteiger partial charge >= 0.3 is 0 Å². The number of carbonyl (C=O) groups excluding carboxylic acids is 1. The Morgan fingerprint density at radius 2 is 2.09 bits per heavy atom. The Balaban J connectivity index is 1.73. The van der Waals surface area contributed by atoms with Crippen LogP contribution in [0.5, 0.6) is 5.75 Å². The van der Waals surface area contributed by atoms with Crippen LogP contribution < -0.4 is 10.1 Å². The Bertz CT molecular complexity index is 703. The van der Waals surface area contributed by atoms with Gasteiger partial charge in [-0.1, -0.05) is 41.9 Å². The number of benzene rings is 2. The minimum absolute atomic E-state index is 0.153. The Labute approximate surface area is 140 Å². The summed E-state index contributed by atoms with van der Waals surface area (Å²) in [4.78, 5) is 12.3. The Morgan fingerprint density at radius 3 is 2.83 bits per heavy atom. The molecule has 0 aromatic heterocycles. The average Bonchev–Trinajstić information content (AvgIpc) is 3.02. The van der Waals surface area contributed by atoms with Crippen LogP contribution in [0.15, 0.2) is 42.5 Å². The summed E-state index contributed by atoms with van der Waals surface area (Å²) in [6.45, 7) is 0.466. The summed E-state index contributed by atoms with van der Waals surface area (Å²) in [5.41, 5.74) is 2.70. The van der Waals surface area contributed by atoms with Crippen molar-refractivity contribution in [1.82, 2.24) is 5.32 Å². The summed E-state index contributed by atoms with van der Waals surface area (Å²) in [5.74, 6) is 0.595. The molecule has 2 aromatic carbocycles. The fraction of sp³-hybridized carbons (Fsp3) is 0.278. The molecule has 1 atom stereocenters. The number of amides is 1. The minimum atomic E-state index is -0.420. The molecule has 3 rings (SSSR count). The van der Waals surface area contributed by atoms with Gasteiger partial charge in [-0.2, -0.15) is 0 Å². The van der Waals surface area contributed by atoms with Crippen molar-refractivity contribution in [3.8, 4) is 5.75 Å². The molecular weight excluding hydrogens is 314 g/mol. The number of aliphatic hydroxyl groups excluding tert-OH is 1. The molecule has 0 fully saturated rings. The van der Waals surface area contributed by atoms with Gasteiger partial charge in [0.1, 0.15) is 5.75 Å². The summed E-state index contributed by atoms with van der Waals surface area (Å²) in [5, 5.41) is 13.0. The van der Waals surface area contributed by atoms with E-state index >= 15 is 0 Å². The van der Waals surface area contributed by atoms with E-state index in [-0.39, 0.29) is 18.9 Å². The van der Waals surface area contributed by atoms with Crippen LogP contribution in [0.25, 0.3) is 0 Å². The molecule has 0 saturated heterocycles. The molecule has 1 aliphatic rings. The van der Waals surface area contributed by atoms with Crippen LogP contribution in [0.3, 0.4) is 0 Å². The molecule has 0 bridgehead atoms. The molecule has 1 heterocycles. The molecular formula is C18H18ClNO3. The largest absolute Gasteiger partial charge is 0.493 e. The first-order valence-corrected chi connectivity index (χ1v) is 7.94. The van der Waals surface area contributed by atoms with E-state index in [0.717, 1.165) is 28.9 Å². The van der Waals surface area contributed by atoms with Crippen molar-refractivity contribution in [1.29, 1.82) is 0 Å². The number of fused-ring (bicyclic) bond motifs is 1. The van der Waals surface area contributed by atoms with Gasteiger partial charge in [-0.15, -0.1) is 0 Å². The highest BCUT2D eigenvalue weighted by Crippen LogP contribution is 2.33. The van der Waals surface area contributed by atoms with Crippen molar-refractivity contribution < 1.29 is 14.6 Å². The molecule has 0 radical (unpaired) electrons. The second-order valence-corrected chi connectivity index (χ2v) is 5.98. The first-order valence-electron chi connectivity index (χ1n) is 7.56. The van der Waals surface area contributed by atoms with Crippen LogP contribution >= 0.6 is 11.6 Å². The highest BCUT2D eigenvalue weighted by atomic mass is 35.5. The number of ether oxygens (including phenoxy) is 1. The van der Waals surface area contributed by atoms with E-state index < -0.39 is 6.04 Å². The zero-order valence-electron chi connectivity index (χ0n) is 12.6. The summed E-state index contributed by atoms with van der Waals surface area (Å²) in [6.07, 6.45) is 0.986. The van der Waals surface area contributed by atoms with Crippen LogP contribution in [0.2, 0.25) is 5.02 Å². The third-order valence-corrected chi connectivity index (χ3v) is 4.11. The number of carbonyl (C=O) groups is 1. The van der Waals surface area contributed by atoms with Gasteiger partial charge in [0.2, 0.25) is 5.91 Å². The zero-order chi connectivity index (χ0) is 16.2. The van der Waals surface area contributed by atoms with Crippen molar-refractivity contribution in [3.63, 3.8) is 0 Å². The lowest BCUT2D eigenvalue weighted by molar-refractivity contribution is -0.121. The van der Waals surface area contributed by atoms with E-state index in [1.807, 2.05) is 36.4 Å². The van der Waals surface area contributed by atoms with Crippen molar-refractivity contribution in [3.05, 3.63) is 64.2 Å². The highest BCUT2D eigenvalue weighted by Gasteiger charge is 2.20. The van der Waals surface area contributed by atoms with Crippen LogP contribution in [0, 0.1) is 0 Å². The maximum Gasteiger partial charge on any atom is 0.225 e. The van der Waals surface area contributed by atoms with E-state index in [4.69, 9.17) is 16.3 Å². The van der Waals surface area contributed by atoms with Gasteiger partial charge in [0.25, 0.3) is 0 Å². The number of halogens is 1. The molecule has 23 heavy (non-hydrogen) atoms. The zero-order valence-corrected chi connectivity index (χ0v) is 13.3. The summed E-state index contributed by atoms with van der Waals surface area (Å²) < 4.78 is 5.61. The van der Waals surface area contributed by atoms with Gasteiger partial charge in [-0.25, -0.2) is 0 Å². The van der Waals surface area contributed by atoms with Gasteiger partial charge in [0.05, 0.1) is 25.7 Å². The fourth-order valence-electron chi connectivity index (χ4n) is 2.82. The molecule has 5 heteroatoms. The molecule has 1 amide bonds. The third kappa shape index (κ3) is 3.66. The standard InChI is InChI=1S/C18H18ClNO3/c19-15-8-13-6-7-23-18(13)14(9-15)10-17(22)20-16(11-21)12-4-2-1-3-5-12/h1-5,8-9,16,21H,6-7,10-11H2,(H,20,22)/t16-/m1/s1. The van der Waals surface area contributed by atoms with Crippen LogP contribution in [0.4, 0.5) is 0 Å². The van der Waals surface area contributed by atoms with Crippen molar-refractivity contribution >= 4 is 17.5 Å². The van der Waals surface area contributed by atoms with E-state index in [1.54, 1.807) is 6.07 Å². The summed E-state index contributed by atoms with van der Waals surface area (Å²) >= 11 is 6.11. The number of hydrogen-bond donors (Lipinski definition) is 2. The first-order chi connectivity index (χ1) is 11.2. The van der Waals surface area contributed by atoms with Gasteiger partial charge in [0, 0.05) is 17.0 Å². The monoisotopic (exact) mass is 331 g/mol. The first kappa shape index (κ1) is 15.8. The average molecular weight is 332 g/mol. The van der Waals surface area contributed by atoms with E-state index in [9.17, 15) is 9.90 Å². The Hall–Kier alpha value is -2.04. The minimum Gasteiger partial charge on any atom is -0.493 e. The lowest BCUT2D eigenvalue weighted by Crippen LogP contribution is -2.32. The summed E-state index contributed by atoms with van der Waals surface area (Å²) in [6, 6.07) is 12.6. The third-order valence-electron chi connectivity index (χ3n) is 3.90. The van der Waals surface area contributed by atoms with Gasteiger partial charge in [0.15, 0.2) is 0 Å². The lowest BCUT2D eigenvalue weighted by Gasteiger charge is -2.17. The molecule has 0 spiro atoms. The van der Waals surface area contributed by atoms with Gasteiger partial charge in [-0.3, -0.25) is 4.79 Å². The Kier molecular flexibility index (Phi) is 4.84. The SMILES string of the molecule is O=C(Cc1cc(Cl)cc2c1OCC2)N[C@H](CO)c1ccccc1. The molecule has 4 nitrogen and oxygen atoms in total. The van der Waals surface area contributed by atoms with Crippen molar-refractivity contribution in [2.75, 3.05) is 13.2 Å². The molecule has 2 N–H and O–H groups in total. The molecule has 1 aliphatic heterocycles. The molecule has 0 aliphatic carbocycles. The number of nitrogens with one attached hydrogen (secondary N) is 1. The summed E-state index contributed by atoms with van der Waals surface area (Å²) in [7, 11) is 0. The number of aliphatic hydroxyl groups is 1. The van der Waals surface area contributed by atoms with Crippen LogP contribution in [0.1, 0.15) is 22.7 Å². The topological polar surface area (TPSA) is 58.6 Å². The van der Waals surface area contributed by atoms with Crippen molar-refractivity contribution in [2.24, 2.45) is 0 Å². The van der Waals surface area contributed by atoms with E-state index in [2.05, 4.69) is 5.32 Å². The lowest BCUT2D eigenvalue weighted by atomic mass is 10.0. The Morgan fingerprint density at radius 1 is 1.30 bits per heavy atom. The van der Waals surface area contributed by atoms with Gasteiger partial charge < -0.3 is 15.2 Å². The maximum atomic E-state index is 12.3. The predicted molar refractivity (Wildman–Crippen MR) is 88.8 cm³/mol. The second kappa shape index (κ2) is 7.02. The van der Waals surface area contributed by atoms with Gasteiger partial charge in [-0.05, 0) is 23.3 Å². The quantitative estimate of drug-likeness (QED) is 0.885. The van der Waals surface area contributed by atoms with E-state index in [1.165, 1.54) is 0 Å².